The number of carbonyl (C=O) groups is 1. The number of anilines is 2. The number of rotatable bonds is 5. The number of aromatic nitrogens is 1. The van der Waals surface area contributed by atoms with Crippen molar-refractivity contribution < 1.29 is 22.3 Å². The predicted molar refractivity (Wildman–Crippen MR) is 124 cm³/mol. The highest BCUT2D eigenvalue weighted by atomic mass is 35.5. The van der Waals surface area contributed by atoms with E-state index in [9.17, 15) is 17.6 Å². The summed E-state index contributed by atoms with van der Waals surface area (Å²) in [6, 6.07) is 11.6. The predicted octanol–water partition coefficient (Wildman–Crippen LogP) is 4.86. The van der Waals surface area contributed by atoms with E-state index in [0.29, 0.717) is 10.6 Å². The maximum absolute atomic E-state index is 13.5. The fourth-order valence-corrected chi connectivity index (χ4v) is 5.39. The third-order valence-corrected chi connectivity index (χ3v) is 7.59. The second-order valence-corrected chi connectivity index (χ2v) is 9.96. The first-order chi connectivity index (χ1) is 15.7. The first-order valence-corrected chi connectivity index (χ1v) is 12.0. The lowest BCUT2D eigenvalue weighted by molar-refractivity contribution is -0.117. The smallest absolute Gasteiger partial charge is 0.264 e. The number of pyridine rings is 1. The Morgan fingerprint density at radius 1 is 1.18 bits per heavy atom. The highest BCUT2D eigenvalue weighted by molar-refractivity contribution is 7.92. The maximum Gasteiger partial charge on any atom is 0.264 e. The highest BCUT2D eigenvalue weighted by Gasteiger charge is 2.32. The Morgan fingerprint density at radius 2 is 1.94 bits per heavy atom. The number of fused-ring (bicyclic) bond motifs is 1. The second-order valence-electron chi connectivity index (χ2n) is 7.28. The van der Waals surface area contributed by atoms with Gasteiger partial charge >= 0.3 is 0 Å². The topological polar surface area (TPSA) is 88.6 Å². The lowest BCUT2D eigenvalue weighted by Gasteiger charge is -2.30. The van der Waals surface area contributed by atoms with Crippen LogP contribution in [-0.4, -0.2) is 32.5 Å². The second kappa shape index (κ2) is 9.17. The monoisotopic (exact) mass is 509 g/mol. The zero-order valence-corrected chi connectivity index (χ0v) is 19.6. The number of hydrogen-bond acceptors (Lipinski definition) is 5. The molecule has 2 heterocycles. The molecule has 0 spiro atoms. The van der Waals surface area contributed by atoms with Gasteiger partial charge in [-0.2, -0.15) is 0 Å². The zero-order chi connectivity index (χ0) is 23.8. The number of nitrogens with zero attached hydrogens (tertiary/aromatic N) is 2. The number of ether oxygens (including phenoxy) is 1. The van der Waals surface area contributed by atoms with Gasteiger partial charge in [-0.1, -0.05) is 41.4 Å². The summed E-state index contributed by atoms with van der Waals surface area (Å²) >= 11 is 12.0. The molecule has 3 aromatic rings. The molecule has 172 valence electrons. The number of sulfonamides is 1. The van der Waals surface area contributed by atoms with Crippen LogP contribution in [0.15, 0.2) is 59.6 Å². The van der Waals surface area contributed by atoms with E-state index in [1.165, 1.54) is 12.3 Å². The molecule has 1 atom stereocenters. The molecule has 0 saturated heterocycles. The fourth-order valence-electron chi connectivity index (χ4n) is 3.38. The van der Waals surface area contributed by atoms with Crippen LogP contribution >= 0.6 is 23.2 Å². The third kappa shape index (κ3) is 4.62. The first kappa shape index (κ1) is 23.3. The highest BCUT2D eigenvalue weighted by Crippen LogP contribution is 2.36. The summed E-state index contributed by atoms with van der Waals surface area (Å²) in [6.07, 6.45) is 1.38. The van der Waals surface area contributed by atoms with E-state index in [1.54, 1.807) is 31.2 Å². The van der Waals surface area contributed by atoms with E-state index >= 15 is 0 Å². The quantitative estimate of drug-likeness (QED) is 0.530. The standard InChI is InChI=1S/C22H18Cl2FN3O4S/c1-13(16-4-2-3-5-17(16)23)21(29)27-14-10-20-22(26-12-14)32-9-8-28(20)33(30,31)15-6-7-19(25)18(24)11-15/h2-7,10-13H,8-9H2,1H3,(H,27,29)/t13-/m0/s1. The zero-order valence-electron chi connectivity index (χ0n) is 17.3. The molecule has 1 aromatic heterocycles. The summed E-state index contributed by atoms with van der Waals surface area (Å²) in [7, 11) is -4.09. The van der Waals surface area contributed by atoms with Crippen molar-refractivity contribution in [2.75, 3.05) is 22.8 Å². The Balaban J connectivity index is 1.64. The molecule has 0 bridgehead atoms. The molecule has 7 nitrogen and oxygen atoms in total. The Labute approximate surface area is 200 Å². The van der Waals surface area contributed by atoms with Gasteiger partial charge in [-0.25, -0.2) is 17.8 Å². The van der Waals surface area contributed by atoms with E-state index < -0.39 is 21.8 Å². The largest absolute Gasteiger partial charge is 0.474 e. The van der Waals surface area contributed by atoms with Crippen LogP contribution in [0.2, 0.25) is 10.0 Å². The van der Waals surface area contributed by atoms with Crippen molar-refractivity contribution in [3.05, 3.63) is 76.2 Å². The molecule has 1 amide bonds. The Bertz CT molecular complexity index is 1340. The molecule has 4 rings (SSSR count). The van der Waals surface area contributed by atoms with Crippen LogP contribution in [0.25, 0.3) is 0 Å². The van der Waals surface area contributed by atoms with Crippen molar-refractivity contribution in [1.82, 2.24) is 4.98 Å². The van der Waals surface area contributed by atoms with Gasteiger partial charge in [-0.05, 0) is 42.8 Å². The van der Waals surface area contributed by atoms with Crippen molar-refractivity contribution in [3.8, 4) is 5.88 Å². The Hall–Kier alpha value is -2.88. The van der Waals surface area contributed by atoms with E-state index in [4.69, 9.17) is 27.9 Å². The Morgan fingerprint density at radius 3 is 2.67 bits per heavy atom. The molecule has 1 aliphatic rings. The minimum Gasteiger partial charge on any atom is -0.474 e. The van der Waals surface area contributed by atoms with Gasteiger partial charge in [-0.15, -0.1) is 0 Å². The van der Waals surface area contributed by atoms with Crippen LogP contribution in [0.4, 0.5) is 15.8 Å². The van der Waals surface area contributed by atoms with Crippen LogP contribution in [0.3, 0.4) is 0 Å². The molecule has 0 aliphatic carbocycles. The number of hydrogen-bond donors (Lipinski definition) is 1. The molecule has 1 N–H and O–H groups in total. The normalized spacial score (nSPS) is 14.2. The van der Waals surface area contributed by atoms with Crippen LogP contribution in [0.5, 0.6) is 5.88 Å². The molecular formula is C22H18Cl2FN3O4S. The molecule has 11 heteroatoms. The van der Waals surface area contributed by atoms with Gasteiger partial charge in [0.05, 0.1) is 34.3 Å². The van der Waals surface area contributed by atoms with Crippen molar-refractivity contribution in [1.29, 1.82) is 0 Å². The lowest BCUT2D eigenvalue weighted by atomic mass is 10.0. The number of nitrogens with one attached hydrogen (secondary N) is 1. The van der Waals surface area contributed by atoms with E-state index in [1.807, 2.05) is 0 Å². The third-order valence-electron chi connectivity index (χ3n) is 5.15. The van der Waals surface area contributed by atoms with Gasteiger partial charge in [0.25, 0.3) is 10.0 Å². The SMILES string of the molecule is C[C@H](C(=O)Nc1cnc2c(c1)N(S(=O)(=O)c1ccc(F)c(Cl)c1)CCO2)c1ccccc1Cl. The van der Waals surface area contributed by atoms with Crippen molar-refractivity contribution in [3.63, 3.8) is 0 Å². The molecule has 1 aliphatic heterocycles. The maximum atomic E-state index is 13.5. The molecule has 0 saturated carbocycles. The number of amides is 1. The summed E-state index contributed by atoms with van der Waals surface area (Å²) in [6.45, 7) is 1.78. The van der Waals surface area contributed by atoms with E-state index in [-0.39, 0.29) is 46.2 Å². The molecular weight excluding hydrogens is 492 g/mol. The van der Waals surface area contributed by atoms with Gasteiger partial charge in [0.2, 0.25) is 11.8 Å². The molecule has 0 fully saturated rings. The molecule has 2 aromatic carbocycles. The van der Waals surface area contributed by atoms with Gasteiger partial charge in [-0.3, -0.25) is 9.10 Å². The minimum absolute atomic E-state index is 0.000561. The van der Waals surface area contributed by atoms with Crippen LogP contribution < -0.4 is 14.4 Å². The number of benzene rings is 2. The van der Waals surface area contributed by atoms with Gasteiger partial charge < -0.3 is 10.1 Å². The van der Waals surface area contributed by atoms with Crippen LogP contribution in [0, 0.1) is 5.82 Å². The average Bonchev–Trinajstić information content (AvgIpc) is 2.80. The van der Waals surface area contributed by atoms with Crippen molar-refractivity contribution >= 4 is 50.5 Å². The average molecular weight is 510 g/mol. The molecule has 0 radical (unpaired) electrons. The Kier molecular flexibility index (Phi) is 6.47. The molecule has 33 heavy (non-hydrogen) atoms. The summed E-state index contributed by atoms with van der Waals surface area (Å²) in [4.78, 5) is 16.8. The summed E-state index contributed by atoms with van der Waals surface area (Å²) in [5.41, 5.74) is 1.08. The van der Waals surface area contributed by atoms with Gasteiger partial charge in [0.15, 0.2) is 0 Å². The van der Waals surface area contributed by atoms with Gasteiger partial charge in [0.1, 0.15) is 18.1 Å². The summed E-state index contributed by atoms with van der Waals surface area (Å²) in [5.74, 6) is -1.54. The summed E-state index contributed by atoms with van der Waals surface area (Å²) in [5, 5.41) is 2.90. The minimum atomic E-state index is -4.09. The summed E-state index contributed by atoms with van der Waals surface area (Å²) < 4.78 is 46.6. The van der Waals surface area contributed by atoms with Crippen molar-refractivity contribution in [2.45, 2.75) is 17.7 Å². The number of carbonyl (C=O) groups excluding carboxylic acids is 1. The van der Waals surface area contributed by atoms with Crippen LogP contribution in [-0.2, 0) is 14.8 Å². The van der Waals surface area contributed by atoms with E-state index in [2.05, 4.69) is 10.3 Å². The fraction of sp³-hybridized carbons (Fsp3) is 0.182. The van der Waals surface area contributed by atoms with E-state index in [0.717, 1.165) is 22.5 Å². The lowest BCUT2D eigenvalue weighted by Crippen LogP contribution is -2.38. The number of halogens is 3. The van der Waals surface area contributed by atoms with Crippen LogP contribution in [0.1, 0.15) is 18.4 Å². The molecule has 0 unspecified atom stereocenters. The van der Waals surface area contributed by atoms with Crippen molar-refractivity contribution in [2.24, 2.45) is 0 Å². The van der Waals surface area contributed by atoms with Gasteiger partial charge in [0, 0.05) is 5.02 Å². The first-order valence-electron chi connectivity index (χ1n) is 9.84.